The summed E-state index contributed by atoms with van der Waals surface area (Å²) in [6.07, 6.45) is 0. The molecule has 25 heavy (non-hydrogen) atoms. The number of hydrogen-bond acceptors (Lipinski definition) is 5. The second-order valence-electron chi connectivity index (χ2n) is 5.41. The zero-order valence-corrected chi connectivity index (χ0v) is 15.0. The Labute approximate surface area is 150 Å². The summed E-state index contributed by atoms with van der Waals surface area (Å²) in [5.41, 5.74) is 2.45. The molecule has 0 aliphatic heterocycles. The van der Waals surface area contributed by atoms with Crippen molar-refractivity contribution in [1.82, 2.24) is 14.7 Å². The zero-order chi connectivity index (χ0) is 18.1. The monoisotopic (exact) mass is 403 g/mol. The van der Waals surface area contributed by atoms with Gasteiger partial charge in [0.05, 0.1) is 10.8 Å². The lowest BCUT2D eigenvalue weighted by atomic mass is 10.2. The molecule has 3 aromatic rings. The molecule has 2 aromatic carbocycles. The van der Waals surface area contributed by atoms with Crippen LogP contribution in [0.3, 0.4) is 0 Å². The van der Waals surface area contributed by atoms with Gasteiger partial charge in [0.25, 0.3) is 5.49 Å². The number of benzene rings is 2. The van der Waals surface area contributed by atoms with Crippen molar-refractivity contribution in [2.24, 2.45) is 4.99 Å². The predicted octanol–water partition coefficient (Wildman–Crippen LogP) is 3.43. The third-order valence-electron chi connectivity index (χ3n) is 3.64. The van der Waals surface area contributed by atoms with Crippen LogP contribution in [-0.2, 0) is 0 Å². The van der Waals surface area contributed by atoms with Crippen LogP contribution in [0.1, 0.15) is 11.1 Å². The minimum absolute atomic E-state index is 0.255. The van der Waals surface area contributed by atoms with E-state index >= 15 is 0 Å². The van der Waals surface area contributed by atoms with Gasteiger partial charge < -0.3 is 15.3 Å². The van der Waals surface area contributed by atoms with Gasteiger partial charge in [-0.2, -0.15) is 0 Å². The molecule has 3 rings (SSSR count). The number of hydrogen-bond donors (Lipinski definition) is 1. The highest BCUT2D eigenvalue weighted by Crippen LogP contribution is 2.22. The van der Waals surface area contributed by atoms with E-state index in [0.717, 1.165) is 20.4 Å². The second-order valence-corrected chi connectivity index (χ2v) is 6.27. The van der Waals surface area contributed by atoms with E-state index in [1.807, 2.05) is 26.0 Å². The van der Waals surface area contributed by atoms with Crippen LogP contribution in [0.4, 0.5) is 11.5 Å². The minimum Gasteiger partial charge on any atom is -0.409 e. The number of halogens is 1. The van der Waals surface area contributed by atoms with Gasteiger partial charge in [0.2, 0.25) is 0 Å². The molecule has 0 aliphatic carbocycles. The number of aryl methyl sites for hydroxylation is 2. The fourth-order valence-corrected chi connectivity index (χ4v) is 2.58. The van der Waals surface area contributed by atoms with E-state index in [9.17, 15) is 15.3 Å². The molecule has 1 aromatic heterocycles. The molecule has 0 saturated heterocycles. The van der Waals surface area contributed by atoms with Gasteiger partial charge in [0.15, 0.2) is 0 Å². The van der Waals surface area contributed by atoms with Crippen LogP contribution in [0.5, 0.6) is 0 Å². The SMILES string of the molecule is Cc1cc(N=c2c([N+](=O)[O-])nn(-c3ccccc3C)n2O)ccc1Br. The molecule has 0 unspecified atom stereocenters. The van der Waals surface area contributed by atoms with Gasteiger partial charge >= 0.3 is 5.82 Å². The van der Waals surface area contributed by atoms with Crippen molar-refractivity contribution in [3.8, 4) is 5.69 Å². The summed E-state index contributed by atoms with van der Waals surface area (Å²) in [5, 5.41) is 25.7. The molecule has 0 bridgehead atoms. The van der Waals surface area contributed by atoms with Gasteiger partial charge in [-0.3, -0.25) is 0 Å². The van der Waals surface area contributed by atoms with Crippen molar-refractivity contribution in [2.75, 3.05) is 0 Å². The molecular weight excluding hydrogens is 390 g/mol. The van der Waals surface area contributed by atoms with E-state index in [-0.39, 0.29) is 5.49 Å². The molecule has 0 aliphatic rings. The smallest absolute Gasteiger partial charge is 0.409 e. The Hall–Kier alpha value is -2.94. The molecule has 0 radical (unpaired) electrons. The Bertz CT molecular complexity index is 1040. The molecule has 1 N–H and O–H groups in total. The first-order valence-corrected chi connectivity index (χ1v) is 8.10. The Morgan fingerprint density at radius 1 is 1.20 bits per heavy atom. The van der Waals surface area contributed by atoms with Gasteiger partial charge in [-0.15, -0.1) is 0 Å². The van der Waals surface area contributed by atoms with E-state index in [4.69, 9.17) is 0 Å². The lowest BCUT2D eigenvalue weighted by Gasteiger charge is -2.03. The van der Waals surface area contributed by atoms with E-state index in [2.05, 4.69) is 26.0 Å². The molecule has 0 atom stereocenters. The number of nitrogens with zero attached hydrogens (tertiary/aromatic N) is 5. The lowest BCUT2D eigenvalue weighted by Crippen LogP contribution is -2.22. The highest BCUT2D eigenvalue weighted by atomic mass is 79.9. The van der Waals surface area contributed by atoms with Crippen molar-refractivity contribution < 1.29 is 10.1 Å². The van der Waals surface area contributed by atoms with Crippen LogP contribution in [0.2, 0.25) is 0 Å². The summed E-state index contributed by atoms with van der Waals surface area (Å²) < 4.78 is 0.897. The van der Waals surface area contributed by atoms with Gasteiger partial charge in [-0.25, -0.2) is 4.99 Å². The van der Waals surface area contributed by atoms with E-state index in [1.54, 1.807) is 30.3 Å². The molecule has 8 nitrogen and oxygen atoms in total. The van der Waals surface area contributed by atoms with E-state index in [0.29, 0.717) is 16.2 Å². The van der Waals surface area contributed by atoms with E-state index in [1.165, 1.54) is 0 Å². The Kier molecular flexibility index (Phi) is 4.41. The number of nitro groups is 1. The van der Waals surface area contributed by atoms with Gasteiger partial charge in [0.1, 0.15) is 5.69 Å². The van der Waals surface area contributed by atoms with Crippen molar-refractivity contribution in [2.45, 2.75) is 13.8 Å². The van der Waals surface area contributed by atoms with Crippen molar-refractivity contribution in [1.29, 1.82) is 0 Å². The first kappa shape index (κ1) is 16.9. The number of aromatic nitrogens is 3. The highest BCUT2D eigenvalue weighted by Gasteiger charge is 2.24. The largest absolute Gasteiger partial charge is 0.438 e. The van der Waals surface area contributed by atoms with Crippen LogP contribution in [0, 0.1) is 24.0 Å². The topological polar surface area (TPSA) is 98.5 Å². The maximum Gasteiger partial charge on any atom is 0.438 e. The minimum atomic E-state index is -0.675. The van der Waals surface area contributed by atoms with Crippen LogP contribution in [-0.4, -0.2) is 24.9 Å². The van der Waals surface area contributed by atoms with Gasteiger partial charge in [0, 0.05) is 4.47 Å². The molecule has 0 spiro atoms. The molecular formula is C16H14BrN5O3. The van der Waals surface area contributed by atoms with Crippen LogP contribution in [0.15, 0.2) is 51.9 Å². The zero-order valence-electron chi connectivity index (χ0n) is 13.4. The normalized spacial score (nSPS) is 11.7. The fourth-order valence-electron chi connectivity index (χ4n) is 2.33. The van der Waals surface area contributed by atoms with Crippen molar-refractivity contribution in [3.63, 3.8) is 0 Å². The summed E-state index contributed by atoms with van der Waals surface area (Å²) in [4.78, 5) is 16.5. The molecule has 128 valence electrons. The first-order valence-electron chi connectivity index (χ1n) is 7.31. The quantitative estimate of drug-likeness (QED) is 0.411. The Morgan fingerprint density at radius 3 is 2.56 bits per heavy atom. The maximum atomic E-state index is 11.4. The number of para-hydroxylation sites is 1. The van der Waals surface area contributed by atoms with Crippen LogP contribution >= 0.6 is 15.9 Å². The summed E-state index contributed by atoms with van der Waals surface area (Å²) >= 11 is 3.39. The van der Waals surface area contributed by atoms with Gasteiger partial charge in [-0.05, 0) is 59.0 Å². The number of rotatable bonds is 3. The van der Waals surface area contributed by atoms with Gasteiger partial charge in [-0.1, -0.05) is 39.0 Å². The lowest BCUT2D eigenvalue weighted by molar-refractivity contribution is -0.391. The van der Waals surface area contributed by atoms with Crippen molar-refractivity contribution >= 4 is 27.4 Å². The third kappa shape index (κ3) is 3.18. The summed E-state index contributed by atoms with van der Waals surface area (Å²) in [7, 11) is 0. The Balaban J connectivity index is 2.26. The molecule has 0 saturated carbocycles. The fraction of sp³-hybridized carbons (Fsp3) is 0.125. The van der Waals surface area contributed by atoms with Crippen molar-refractivity contribution in [3.05, 3.63) is 73.7 Å². The van der Waals surface area contributed by atoms with Crippen LogP contribution < -0.4 is 5.49 Å². The summed E-state index contributed by atoms with van der Waals surface area (Å²) in [6.45, 7) is 3.69. The standard InChI is InChI=1S/C16H14BrN5O3/c1-10-5-3-4-6-14(10)20-19-16(22(24)25)15(21(20)23)18-12-7-8-13(17)11(2)9-12/h3-9,23H,1-2H3. The molecule has 9 heteroatoms. The van der Waals surface area contributed by atoms with Crippen LogP contribution in [0.25, 0.3) is 5.69 Å². The highest BCUT2D eigenvalue weighted by molar-refractivity contribution is 9.10. The predicted molar refractivity (Wildman–Crippen MR) is 94.2 cm³/mol. The van der Waals surface area contributed by atoms with E-state index < -0.39 is 10.7 Å². The third-order valence-corrected chi connectivity index (χ3v) is 4.53. The molecule has 0 fully saturated rings. The second kappa shape index (κ2) is 6.52. The Morgan fingerprint density at radius 2 is 1.92 bits per heavy atom. The average molecular weight is 404 g/mol. The first-order chi connectivity index (χ1) is 11.9. The average Bonchev–Trinajstić information content (AvgIpc) is 2.89. The summed E-state index contributed by atoms with van der Waals surface area (Å²) in [6, 6.07) is 12.3. The molecule has 1 heterocycles. The summed E-state index contributed by atoms with van der Waals surface area (Å²) in [5.74, 6) is -0.536. The maximum absolute atomic E-state index is 11.4. The molecule has 0 amide bonds.